The van der Waals surface area contributed by atoms with Gasteiger partial charge in [-0.25, -0.2) is 0 Å². The van der Waals surface area contributed by atoms with Crippen LogP contribution in [0.5, 0.6) is 0 Å². The summed E-state index contributed by atoms with van der Waals surface area (Å²) in [5.41, 5.74) is 2.46. The van der Waals surface area contributed by atoms with Crippen molar-refractivity contribution in [2.45, 2.75) is 31.1 Å². The molecule has 1 fully saturated rings. The minimum Gasteiger partial charge on any atom is -0.325 e. The maximum absolute atomic E-state index is 13.3. The molecule has 0 unspecified atom stereocenters. The van der Waals surface area contributed by atoms with Gasteiger partial charge in [0.2, 0.25) is 5.91 Å². The lowest BCUT2D eigenvalue weighted by Crippen LogP contribution is -2.38. The molecule has 3 heteroatoms. The molecule has 0 bridgehead atoms. The highest BCUT2D eigenvalue weighted by molar-refractivity contribution is 6.10. The molecule has 1 aliphatic rings. The number of rotatable bonds is 5. The second-order valence-electron chi connectivity index (χ2n) is 7.39. The van der Waals surface area contributed by atoms with E-state index in [1.54, 1.807) is 24.3 Å². The van der Waals surface area contributed by atoms with Gasteiger partial charge in [-0.2, -0.15) is 0 Å². The lowest BCUT2D eigenvalue weighted by atomic mass is 9.78. The van der Waals surface area contributed by atoms with Crippen molar-refractivity contribution < 1.29 is 9.59 Å². The summed E-state index contributed by atoms with van der Waals surface area (Å²) in [7, 11) is 0. The number of carbonyl (C=O) groups is 2. The molecule has 4 rings (SSSR count). The average molecular weight is 369 g/mol. The van der Waals surface area contributed by atoms with E-state index in [0.29, 0.717) is 16.8 Å². The van der Waals surface area contributed by atoms with E-state index in [1.165, 1.54) is 0 Å². The van der Waals surface area contributed by atoms with Crippen molar-refractivity contribution in [2.24, 2.45) is 0 Å². The Morgan fingerprint density at radius 1 is 0.714 bits per heavy atom. The van der Waals surface area contributed by atoms with E-state index in [1.807, 2.05) is 60.7 Å². The van der Waals surface area contributed by atoms with E-state index in [9.17, 15) is 9.59 Å². The Bertz CT molecular complexity index is 974. The van der Waals surface area contributed by atoms with Crippen LogP contribution >= 0.6 is 0 Å². The minimum absolute atomic E-state index is 0.0144. The smallest absolute Gasteiger partial charge is 0.235 e. The second kappa shape index (κ2) is 7.81. The van der Waals surface area contributed by atoms with Gasteiger partial charge < -0.3 is 5.32 Å². The molecule has 3 nitrogen and oxygen atoms in total. The Morgan fingerprint density at radius 2 is 1.32 bits per heavy atom. The fourth-order valence-electron chi connectivity index (χ4n) is 4.13. The van der Waals surface area contributed by atoms with Gasteiger partial charge in [-0.3, -0.25) is 9.59 Å². The third kappa shape index (κ3) is 3.48. The molecule has 0 spiro atoms. The zero-order valence-electron chi connectivity index (χ0n) is 15.7. The summed E-state index contributed by atoms with van der Waals surface area (Å²) in [6.45, 7) is 0. The van der Waals surface area contributed by atoms with Gasteiger partial charge in [-0.15, -0.1) is 0 Å². The van der Waals surface area contributed by atoms with Crippen molar-refractivity contribution in [3.05, 3.63) is 102 Å². The normalized spacial score (nSPS) is 15.1. The van der Waals surface area contributed by atoms with Gasteiger partial charge in [0.25, 0.3) is 0 Å². The van der Waals surface area contributed by atoms with Crippen LogP contribution in [0.3, 0.4) is 0 Å². The van der Waals surface area contributed by atoms with Crippen molar-refractivity contribution in [2.75, 3.05) is 5.32 Å². The number of ketones is 1. The molecule has 0 atom stereocenters. The molecule has 1 N–H and O–H groups in total. The van der Waals surface area contributed by atoms with Crippen molar-refractivity contribution in [3.8, 4) is 0 Å². The first-order chi connectivity index (χ1) is 13.7. The number of nitrogens with one attached hydrogen (secondary N) is 1. The first-order valence-corrected chi connectivity index (χ1v) is 9.76. The van der Waals surface area contributed by atoms with Gasteiger partial charge in [-0.1, -0.05) is 85.6 Å². The summed E-state index contributed by atoms with van der Waals surface area (Å²) < 4.78 is 0. The summed E-state index contributed by atoms with van der Waals surface area (Å²) in [6, 6.07) is 26.4. The van der Waals surface area contributed by atoms with E-state index in [4.69, 9.17) is 0 Å². The fourth-order valence-corrected chi connectivity index (χ4v) is 4.13. The molecule has 0 heterocycles. The van der Waals surface area contributed by atoms with Gasteiger partial charge in [-0.05, 0) is 30.5 Å². The largest absolute Gasteiger partial charge is 0.325 e. The molecule has 0 aromatic heterocycles. The van der Waals surface area contributed by atoms with Crippen molar-refractivity contribution in [1.29, 1.82) is 0 Å². The van der Waals surface area contributed by atoms with Crippen LogP contribution in [0.1, 0.15) is 47.2 Å². The van der Waals surface area contributed by atoms with E-state index in [2.05, 4.69) is 5.32 Å². The summed E-state index contributed by atoms with van der Waals surface area (Å²) >= 11 is 0. The Labute approximate surface area is 165 Å². The van der Waals surface area contributed by atoms with E-state index < -0.39 is 5.41 Å². The molecule has 0 radical (unpaired) electrons. The summed E-state index contributed by atoms with van der Waals surface area (Å²) in [6.07, 6.45) is 3.81. The van der Waals surface area contributed by atoms with Crippen LogP contribution in [-0.2, 0) is 10.2 Å². The lowest BCUT2D eigenvalue weighted by molar-refractivity contribution is -0.121. The third-order valence-corrected chi connectivity index (χ3v) is 5.64. The number of hydrogen-bond acceptors (Lipinski definition) is 2. The number of carbonyl (C=O) groups excluding carboxylic acids is 2. The average Bonchev–Trinajstić information content (AvgIpc) is 3.26. The Kier molecular flexibility index (Phi) is 5.07. The quantitative estimate of drug-likeness (QED) is 0.615. The molecular formula is C25H23NO2. The van der Waals surface area contributed by atoms with Crippen LogP contribution in [0.4, 0.5) is 5.69 Å². The SMILES string of the molecule is O=C(c1ccccc1)c1cccc(NC(=O)C2(c3ccccc3)CCCC2)c1. The highest BCUT2D eigenvalue weighted by Gasteiger charge is 2.42. The van der Waals surface area contributed by atoms with Gasteiger partial charge in [0, 0.05) is 16.8 Å². The van der Waals surface area contributed by atoms with Crippen LogP contribution in [0.2, 0.25) is 0 Å². The predicted octanol–water partition coefficient (Wildman–Crippen LogP) is 5.37. The van der Waals surface area contributed by atoms with E-state index in [-0.39, 0.29) is 11.7 Å². The van der Waals surface area contributed by atoms with Crippen molar-refractivity contribution in [3.63, 3.8) is 0 Å². The van der Waals surface area contributed by atoms with Crippen LogP contribution in [0, 0.1) is 0 Å². The Hall–Kier alpha value is -3.20. The molecule has 1 saturated carbocycles. The molecule has 140 valence electrons. The molecule has 0 saturated heterocycles. The van der Waals surface area contributed by atoms with E-state index >= 15 is 0 Å². The first-order valence-electron chi connectivity index (χ1n) is 9.76. The van der Waals surface area contributed by atoms with Crippen LogP contribution < -0.4 is 5.32 Å². The van der Waals surface area contributed by atoms with Gasteiger partial charge in [0.15, 0.2) is 5.78 Å². The highest BCUT2D eigenvalue weighted by atomic mass is 16.2. The summed E-state index contributed by atoms with van der Waals surface area (Å²) in [4.78, 5) is 26.0. The Morgan fingerprint density at radius 3 is 2.00 bits per heavy atom. The zero-order chi connectivity index (χ0) is 19.4. The molecule has 28 heavy (non-hydrogen) atoms. The number of anilines is 1. The molecule has 0 aliphatic heterocycles. The summed E-state index contributed by atoms with van der Waals surface area (Å²) in [5, 5.41) is 3.08. The van der Waals surface area contributed by atoms with Crippen LogP contribution in [0.25, 0.3) is 0 Å². The minimum atomic E-state index is -0.485. The lowest BCUT2D eigenvalue weighted by Gasteiger charge is -2.28. The predicted molar refractivity (Wildman–Crippen MR) is 112 cm³/mol. The topological polar surface area (TPSA) is 46.2 Å². The maximum Gasteiger partial charge on any atom is 0.235 e. The molecule has 3 aromatic carbocycles. The van der Waals surface area contributed by atoms with Crippen molar-refractivity contribution in [1.82, 2.24) is 0 Å². The third-order valence-electron chi connectivity index (χ3n) is 5.64. The van der Waals surface area contributed by atoms with Crippen LogP contribution in [0.15, 0.2) is 84.9 Å². The van der Waals surface area contributed by atoms with Crippen molar-refractivity contribution >= 4 is 17.4 Å². The number of hydrogen-bond donors (Lipinski definition) is 1. The second-order valence-corrected chi connectivity index (χ2v) is 7.39. The monoisotopic (exact) mass is 369 g/mol. The number of amides is 1. The van der Waals surface area contributed by atoms with Gasteiger partial charge in [0.05, 0.1) is 5.41 Å². The van der Waals surface area contributed by atoms with Gasteiger partial charge >= 0.3 is 0 Å². The molecular weight excluding hydrogens is 346 g/mol. The highest BCUT2D eigenvalue weighted by Crippen LogP contribution is 2.42. The molecule has 1 aliphatic carbocycles. The zero-order valence-corrected chi connectivity index (χ0v) is 15.7. The Balaban J connectivity index is 1.59. The standard InChI is InChI=1S/C25H23NO2/c27-23(19-10-3-1-4-11-19)20-12-9-15-22(18-20)26-24(28)25(16-7-8-17-25)21-13-5-2-6-14-21/h1-6,9-15,18H,7-8,16-17H2,(H,26,28). The summed E-state index contributed by atoms with van der Waals surface area (Å²) in [5.74, 6) is -0.0316. The molecule has 1 amide bonds. The van der Waals surface area contributed by atoms with E-state index in [0.717, 1.165) is 31.2 Å². The van der Waals surface area contributed by atoms with Crippen LogP contribution in [-0.4, -0.2) is 11.7 Å². The fraction of sp³-hybridized carbons (Fsp3) is 0.200. The first kappa shape index (κ1) is 18.2. The number of benzene rings is 3. The molecule has 3 aromatic rings. The maximum atomic E-state index is 13.3. The van der Waals surface area contributed by atoms with Gasteiger partial charge in [0.1, 0.15) is 0 Å².